The first-order valence-electron chi connectivity index (χ1n) is 5.38. The van der Waals surface area contributed by atoms with Gasteiger partial charge in [0.15, 0.2) is 0 Å². The van der Waals surface area contributed by atoms with Crippen molar-refractivity contribution in [3.05, 3.63) is 17.5 Å². The summed E-state index contributed by atoms with van der Waals surface area (Å²) in [7, 11) is 1.97. The maximum absolute atomic E-state index is 4.33. The van der Waals surface area contributed by atoms with Crippen LogP contribution in [0.4, 0.5) is 0 Å². The van der Waals surface area contributed by atoms with E-state index in [0.717, 1.165) is 12.2 Å². The molecule has 0 saturated heterocycles. The van der Waals surface area contributed by atoms with Crippen molar-refractivity contribution in [1.29, 1.82) is 0 Å². The Morgan fingerprint density at radius 2 is 2.33 bits per heavy atom. The molecule has 0 aromatic carbocycles. The third-order valence-corrected chi connectivity index (χ3v) is 3.29. The zero-order valence-electron chi connectivity index (χ0n) is 10.1. The Morgan fingerprint density at radius 3 is 2.80 bits per heavy atom. The first-order valence-corrected chi connectivity index (χ1v) is 6.78. The van der Waals surface area contributed by atoms with Crippen molar-refractivity contribution in [2.24, 2.45) is 7.05 Å². The Bertz CT molecular complexity index is 296. The van der Waals surface area contributed by atoms with Gasteiger partial charge in [0, 0.05) is 37.1 Å². The molecule has 0 aliphatic heterocycles. The number of nitrogens with zero attached hydrogens (tertiary/aromatic N) is 2. The molecule has 0 aliphatic carbocycles. The Hall–Kier alpha value is -0.480. The van der Waals surface area contributed by atoms with Crippen LogP contribution in [0.2, 0.25) is 0 Å². The summed E-state index contributed by atoms with van der Waals surface area (Å²) in [5, 5.41) is 7.90. The van der Waals surface area contributed by atoms with Crippen molar-refractivity contribution in [3.63, 3.8) is 0 Å². The van der Waals surface area contributed by atoms with Gasteiger partial charge in [0.05, 0.1) is 5.69 Å². The van der Waals surface area contributed by atoms with Crippen molar-refractivity contribution in [3.8, 4) is 0 Å². The fourth-order valence-electron chi connectivity index (χ4n) is 1.60. The average molecular weight is 227 g/mol. The lowest BCUT2D eigenvalue weighted by atomic mass is 10.2. The van der Waals surface area contributed by atoms with Crippen LogP contribution in [0, 0.1) is 6.92 Å². The van der Waals surface area contributed by atoms with Gasteiger partial charge in [-0.2, -0.15) is 16.9 Å². The first-order chi connectivity index (χ1) is 7.17. The van der Waals surface area contributed by atoms with Gasteiger partial charge in [0.25, 0.3) is 0 Å². The third kappa shape index (κ3) is 3.87. The van der Waals surface area contributed by atoms with E-state index >= 15 is 0 Å². The second kappa shape index (κ2) is 6.18. The van der Waals surface area contributed by atoms with Crippen molar-refractivity contribution in [2.45, 2.75) is 32.9 Å². The maximum Gasteiger partial charge on any atom is 0.0638 e. The Kier molecular flexibility index (Phi) is 5.19. The monoisotopic (exact) mass is 227 g/mol. The largest absolute Gasteiger partial charge is 0.309 e. The molecule has 0 bridgehead atoms. The molecule has 1 atom stereocenters. The quantitative estimate of drug-likeness (QED) is 0.805. The average Bonchev–Trinajstić information content (AvgIpc) is 2.52. The number of thioether (sulfide) groups is 1. The van der Waals surface area contributed by atoms with Crippen molar-refractivity contribution in [1.82, 2.24) is 15.1 Å². The van der Waals surface area contributed by atoms with Crippen LogP contribution < -0.4 is 5.32 Å². The molecule has 3 nitrogen and oxygen atoms in total. The summed E-state index contributed by atoms with van der Waals surface area (Å²) in [6.07, 6.45) is 5.42. The van der Waals surface area contributed by atoms with Crippen LogP contribution in [0.15, 0.2) is 6.20 Å². The van der Waals surface area contributed by atoms with E-state index in [1.807, 2.05) is 23.5 Å². The summed E-state index contributed by atoms with van der Waals surface area (Å²) in [4.78, 5) is 0. The standard InChI is InChI=1S/C11H21N3S/c1-5-11(8-15-4)12-6-10-7-14(3)13-9(10)2/h7,11-12H,5-6,8H2,1-4H3. The zero-order chi connectivity index (χ0) is 11.3. The number of aryl methyl sites for hydroxylation is 2. The normalized spacial score (nSPS) is 13.1. The van der Waals surface area contributed by atoms with E-state index in [4.69, 9.17) is 0 Å². The molecular formula is C11H21N3S. The molecule has 1 rings (SSSR count). The number of nitrogens with one attached hydrogen (secondary N) is 1. The lowest BCUT2D eigenvalue weighted by Gasteiger charge is -2.15. The van der Waals surface area contributed by atoms with Crippen LogP contribution in [0.1, 0.15) is 24.6 Å². The van der Waals surface area contributed by atoms with E-state index in [0.29, 0.717) is 6.04 Å². The lowest BCUT2D eigenvalue weighted by Crippen LogP contribution is -2.30. The highest BCUT2D eigenvalue weighted by Gasteiger charge is 2.07. The second-order valence-corrected chi connectivity index (χ2v) is 4.77. The van der Waals surface area contributed by atoms with E-state index in [9.17, 15) is 0 Å². The Morgan fingerprint density at radius 1 is 1.60 bits per heavy atom. The van der Waals surface area contributed by atoms with E-state index in [1.165, 1.54) is 17.7 Å². The van der Waals surface area contributed by atoms with E-state index in [-0.39, 0.29) is 0 Å². The van der Waals surface area contributed by atoms with Gasteiger partial charge < -0.3 is 5.32 Å². The molecule has 15 heavy (non-hydrogen) atoms. The summed E-state index contributed by atoms with van der Waals surface area (Å²) in [6.45, 7) is 5.22. The highest BCUT2D eigenvalue weighted by Crippen LogP contribution is 2.06. The van der Waals surface area contributed by atoms with Crippen LogP contribution in [0.3, 0.4) is 0 Å². The van der Waals surface area contributed by atoms with E-state index in [2.05, 4.69) is 36.7 Å². The molecule has 0 aliphatic rings. The summed E-state index contributed by atoms with van der Waals surface area (Å²) in [5.41, 5.74) is 2.43. The van der Waals surface area contributed by atoms with Crippen LogP contribution in [-0.2, 0) is 13.6 Å². The molecule has 1 N–H and O–H groups in total. The summed E-state index contributed by atoms with van der Waals surface area (Å²) in [6, 6.07) is 0.611. The summed E-state index contributed by atoms with van der Waals surface area (Å²) >= 11 is 1.90. The van der Waals surface area contributed by atoms with Gasteiger partial charge in [0.1, 0.15) is 0 Å². The highest BCUT2D eigenvalue weighted by molar-refractivity contribution is 7.98. The van der Waals surface area contributed by atoms with Crippen molar-refractivity contribution >= 4 is 11.8 Å². The van der Waals surface area contributed by atoms with Crippen molar-refractivity contribution in [2.75, 3.05) is 12.0 Å². The van der Waals surface area contributed by atoms with E-state index < -0.39 is 0 Å². The SMILES string of the molecule is CCC(CSC)NCc1cn(C)nc1C. The van der Waals surface area contributed by atoms with Gasteiger partial charge >= 0.3 is 0 Å². The summed E-state index contributed by atoms with van der Waals surface area (Å²) in [5.74, 6) is 1.18. The Labute approximate surface area is 96.6 Å². The fraction of sp³-hybridized carbons (Fsp3) is 0.727. The molecule has 1 heterocycles. The lowest BCUT2D eigenvalue weighted by molar-refractivity contribution is 0.540. The minimum Gasteiger partial charge on any atom is -0.309 e. The number of hydrogen-bond donors (Lipinski definition) is 1. The minimum absolute atomic E-state index is 0.611. The van der Waals surface area contributed by atoms with Crippen LogP contribution in [0.25, 0.3) is 0 Å². The number of aromatic nitrogens is 2. The molecule has 86 valence electrons. The molecule has 0 spiro atoms. The minimum atomic E-state index is 0.611. The number of hydrogen-bond acceptors (Lipinski definition) is 3. The second-order valence-electron chi connectivity index (χ2n) is 3.85. The van der Waals surface area contributed by atoms with Gasteiger partial charge in [-0.1, -0.05) is 6.92 Å². The number of rotatable bonds is 6. The molecule has 0 fully saturated rings. The molecule has 0 radical (unpaired) electrons. The predicted molar refractivity (Wildman–Crippen MR) is 67.2 cm³/mol. The van der Waals surface area contributed by atoms with E-state index in [1.54, 1.807) is 0 Å². The van der Waals surface area contributed by atoms with Gasteiger partial charge in [-0.05, 0) is 19.6 Å². The highest BCUT2D eigenvalue weighted by atomic mass is 32.2. The zero-order valence-corrected chi connectivity index (χ0v) is 10.9. The molecule has 1 aromatic rings. The van der Waals surface area contributed by atoms with Gasteiger partial charge in [-0.15, -0.1) is 0 Å². The molecule has 1 aromatic heterocycles. The van der Waals surface area contributed by atoms with Gasteiger partial charge in [-0.25, -0.2) is 0 Å². The summed E-state index contributed by atoms with van der Waals surface area (Å²) < 4.78 is 1.88. The molecular weight excluding hydrogens is 206 g/mol. The van der Waals surface area contributed by atoms with Crippen molar-refractivity contribution < 1.29 is 0 Å². The predicted octanol–water partition coefficient (Wildman–Crippen LogP) is 1.96. The molecule has 0 saturated carbocycles. The van der Waals surface area contributed by atoms with Crippen LogP contribution >= 0.6 is 11.8 Å². The van der Waals surface area contributed by atoms with Crippen LogP contribution in [-0.4, -0.2) is 27.8 Å². The third-order valence-electron chi connectivity index (χ3n) is 2.56. The molecule has 1 unspecified atom stereocenters. The topological polar surface area (TPSA) is 29.9 Å². The van der Waals surface area contributed by atoms with Crippen LogP contribution in [0.5, 0.6) is 0 Å². The maximum atomic E-state index is 4.33. The first kappa shape index (κ1) is 12.6. The fourth-order valence-corrected chi connectivity index (χ4v) is 2.35. The van der Waals surface area contributed by atoms with Gasteiger partial charge in [-0.3, -0.25) is 4.68 Å². The smallest absolute Gasteiger partial charge is 0.0638 e. The molecule has 4 heteroatoms. The van der Waals surface area contributed by atoms with Gasteiger partial charge in [0.2, 0.25) is 0 Å². The molecule has 0 amide bonds. The Balaban J connectivity index is 2.44.